The summed E-state index contributed by atoms with van der Waals surface area (Å²) >= 11 is 0. The molecule has 110 valence electrons. The van der Waals surface area contributed by atoms with E-state index in [0.717, 1.165) is 11.8 Å². The molecule has 20 heavy (non-hydrogen) atoms. The Bertz CT molecular complexity index is 414. The van der Waals surface area contributed by atoms with Crippen LogP contribution in [0.5, 0.6) is 0 Å². The summed E-state index contributed by atoms with van der Waals surface area (Å²) in [5.41, 5.74) is 3.24. The van der Waals surface area contributed by atoms with E-state index in [1.807, 2.05) is 0 Å². The molecule has 2 aliphatic rings. The molecular formula is C19H29N. The van der Waals surface area contributed by atoms with Crippen molar-refractivity contribution in [1.29, 1.82) is 0 Å². The number of hydrogen-bond donors (Lipinski definition) is 1. The van der Waals surface area contributed by atoms with Crippen LogP contribution in [0.1, 0.15) is 80.9 Å². The second kappa shape index (κ2) is 6.76. The summed E-state index contributed by atoms with van der Waals surface area (Å²) in [5.74, 6) is 1.68. The SMILES string of the molecule is CNC(c1ccccc1C1CCC1)C1CCCCCC1. The van der Waals surface area contributed by atoms with Gasteiger partial charge in [0.25, 0.3) is 0 Å². The van der Waals surface area contributed by atoms with Crippen molar-refractivity contribution in [2.75, 3.05) is 7.05 Å². The summed E-state index contributed by atoms with van der Waals surface area (Å²) in [6.45, 7) is 0. The lowest BCUT2D eigenvalue weighted by Crippen LogP contribution is -2.27. The topological polar surface area (TPSA) is 12.0 Å². The first-order valence-corrected chi connectivity index (χ1v) is 8.66. The van der Waals surface area contributed by atoms with Gasteiger partial charge in [0.05, 0.1) is 0 Å². The van der Waals surface area contributed by atoms with Crippen molar-refractivity contribution in [3.63, 3.8) is 0 Å². The second-order valence-corrected chi connectivity index (χ2v) is 6.77. The van der Waals surface area contributed by atoms with E-state index in [0.29, 0.717) is 6.04 Å². The Labute approximate surface area is 124 Å². The maximum Gasteiger partial charge on any atom is 0.0348 e. The minimum atomic E-state index is 0.574. The van der Waals surface area contributed by atoms with Gasteiger partial charge in [-0.1, -0.05) is 56.4 Å². The molecular weight excluding hydrogens is 242 g/mol. The number of nitrogens with one attached hydrogen (secondary N) is 1. The van der Waals surface area contributed by atoms with Crippen molar-refractivity contribution in [2.45, 2.75) is 69.7 Å². The molecule has 0 aliphatic heterocycles. The van der Waals surface area contributed by atoms with Crippen molar-refractivity contribution >= 4 is 0 Å². The highest BCUT2D eigenvalue weighted by Gasteiger charge is 2.28. The van der Waals surface area contributed by atoms with Crippen LogP contribution in [0.2, 0.25) is 0 Å². The first-order valence-electron chi connectivity index (χ1n) is 8.66. The summed E-state index contributed by atoms with van der Waals surface area (Å²) in [6.07, 6.45) is 12.8. The lowest BCUT2D eigenvalue weighted by molar-refractivity contribution is 0.333. The Morgan fingerprint density at radius 1 is 0.900 bits per heavy atom. The summed E-state index contributed by atoms with van der Waals surface area (Å²) in [7, 11) is 2.16. The van der Waals surface area contributed by atoms with E-state index in [2.05, 4.69) is 36.6 Å². The van der Waals surface area contributed by atoms with Crippen LogP contribution in [0.15, 0.2) is 24.3 Å². The highest BCUT2D eigenvalue weighted by atomic mass is 14.9. The van der Waals surface area contributed by atoms with E-state index in [-0.39, 0.29) is 0 Å². The highest BCUT2D eigenvalue weighted by molar-refractivity contribution is 5.34. The Balaban J connectivity index is 1.84. The van der Waals surface area contributed by atoms with Gasteiger partial charge in [0, 0.05) is 6.04 Å². The van der Waals surface area contributed by atoms with Crippen molar-refractivity contribution < 1.29 is 0 Å². The van der Waals surface area contributed by atoms with Crippen molar-refractivity contribution in [3.8, 4) is 0 Å². The molecule has 2 saturated carbocycles. The first-order chi connectivity index (χ1) is 9.90. The van der Waals surface area contributed by atoms with E-state index in [9.17, 15) is 0 Å². The van der Waals surface area contributed by atoms with Crippen LogP contribution in [0.4, 0.5) is 0 Å². The van der Waals surface area contributed by atoms with Crippen LogP contribution in [-0.4, -0.2) is 7.05 Å². The normalized spacial score (nSPS) is 23.1. The smallest absolute Gasteiger partial charge is 0.0348 e. The zero-order chi connectivity index (χ0) is 13.8. The largest absolute Gasteiger partial charge is 0.313 e. The minimum absolute atomic E-state index is 0.574. The molecule has 0 amide bonds. The van der Waals surface area contributed by atoms with Gasteiger partial charge in [-0.05, 0) is 55.7 Å². The van der Waals surface area contributed by atoms with E-state index in [1.165, 1.54) is 57.8 Å². The van der Waals surface area contributed by atoms with Crippen LogP contribution in [-0.2, 0) is 0 Å². The van der Waals surface area contributed by atoms with Gasteiger partial charge in [-0.25, -0.2) is 0 Å². The molecule has 1 N–H and O–H groups in total. The molecule has 1 atom stereocenters. The first kappa shape index (κ1) is 14.1. The summed E-state index contributed by atoms with van der Waals surface area (Å²) < 4.78 is 0. The Morgan fingerprint density at radius 2 is 1.60 bits per heavy atom. The third-order valence-electron chi connectivity index (χ3n) is 5.56. The van der Waals surface area contributed by atoms with E-state index >= 15 is 0 Å². The van der Waals surface area contributed by atoms with E-state index in [4.69, 9.17) is 0 Å². The molecule has 1 heteroatoms. The zero-order valence-corrected chi connectivity index (χ0v) is 12.9. The Morgan fingerprint density at radius 3 is 2.20 bits per heavy atom. The molecule has 0 bridgehead atoms. The molecule has 1 unspecified atom stereocenters. The average Bonchev–Trinajstić information content (AvgIpc) is 2.69. The third kappa shape index (κ3) is 2.93. The van der Waals surface area contributed by atoms with Gasteiger partial charge in [-0.2, -0.15) is 0 Å². The molecule has 1 aromatic carbocycles. The van der Waals surface area contributed by atoms with Crippen LogP contribution in [0, 0.1) is 5.92 Å². The fraction of sp³-hybridized carbons (Fsp3) is 0.684. The average molecular weight is 271 g/mol. The molecule has 2 fully saturated rings. The van der Waals surface area contributed by atoms with Crippen LogP contribution < -0.4 is 5.32 Å². The van der Waals surface area contributed by atoms with Crippen LogP contribution >= 0.6 is 0 Å². The monoisotopic (exact) mass is 271 g/mol. The van der Waals surface area contributed by atoms with Crippen LogP contribution in [0.3, 0.4) is 0 Å². The van der Waals surface area contributed by atoms with Gasteiger partial charge >= 0.3 is 0 Å². The highest BCUT2D eigenvalue weighted by Crippen LogP contribution is 2.42. The summed E-state index contributed by atoms with van der Waals surface area (Å²) in [6, 6.07) is 9.82. The maximum absolute atomic E-state index is 3.66. The Kier molecular flexibility index (Phi) is 4.77. The van der Waals surface area contributed by atoms with Crippen LogP contribution in [0.25, 0.3) is 0 Å². The molecule has 1 nitrogen and oxygen atoms in total. The molecule has 1 aromatic rings. The van der Waals surface area contributed by atoms with Crippen molar-refractivity contribution in [1.82, 2.24) is 5.32 Å². The van der Waals surface area contributed by atoms with Gasteiger partial charge in [-0.15, -0.1) is 0 Å². The molecule has 0 heterocycles. The van der Waals surface area contributed by atoms with Gasteiger partial charge in [0.2, 0.25) is 0 Å². The second-order valence-electron chi connectivity index (χ2n) is 6.77. The van der Waals surface area contributed by atoms with Gasteiger partial charge in [0.1, 0.15) is 0 Å². The number of benzene rings is 1. The minimum Gasteiger partial charge on any atom is -0.313 e. The lowest BCUT2D eigenvalue weighted by atomic mass is 9.75. The van der Waals surface area contributed by atoms with E-state index < -0.39 is 0 Å². The third-order valence-corrected chi connectivity index (χ3v) is 5.56. The van der Waals surface area contributed by atoms with Gasteiger partial charge in [-0.3, -0.25) is 0 Å². The predicted molar refractivity (Wildman–Crippen MR) is 86.0 cm³/mol. The molecule has 0 saturated heterocycles. The van der Waals surface area contributed by atoms with Gasteiger partial charge < -0.3 is 5.32 Å². The molecule has 0 radical (unpaired) electrons. The lowest BCUT2D eigenvalue weighted by Gasteiger charge is -2.33. The number of hydrogen-bond acceptors (Lipinski definition) is 1. The van der Waals surface area contributed by atoms with E-state index in [1.54, 1.807) is 11.1 Å². The predicted octanol–water partition coefficient (Wildman–Crippen LogP) is 5.19. The quantitative estimate of drug-likeness (QED) is 0.744. The summed E-state index contributed by atoms with van der Waals surface area (Å²) in [5, 5.41) is 3.66. The molecule has 2 aliphatic carbocycles. The zero-order valence-electron chi connectivity index (χ0n) is 12.9. The van der Waals surface area contributed by atoms with Gasteiger partial charge in [0.15, 0.2) is 0 Å². The summed E-state index contributed by atoms with van der Waals surface area (Å²) in [4.78, 5) is 0. The molecule has 0 aromatic heterocycles. The molecule has 3 rings (SSSR count). The van der Waals surface area contributed by atoms with Crippen molar-refractivity contribution in [2.24, 2.45) is 5.92 Å². The molecule has 0 spiro atoms. The maximum atomic E-state index is 3.66. The Hall–Kier alpha value is -0.820. The fourth-order valence-corrected chi connectivity index (χ4v) is 4.17. The fourth-order valence-electron chi connectivity index (χ4n) is 4.17. The number of rotatable bonds is 4. The van der Waals surface area contributed by atoms with Crippen molar-refractivity contribution in [3.05, 3.63) is 35.4 Å². The standard InChI is InChI=1S/C19H29N/c1-20-19(16-9-4-2-3-5-10-16)18-14-7-6-13-17(18)15-11-8-12-15/h6-7,13-16,19-20H,2-5,8-12H2,1H3.